The Bertz CT molecular complexity index is 623. The highest BCUT2D eigenvalue weighted by atomic mass is 16.4. The molecule has 0 fully saturated rings. The molecular weight excluding hydrogens is 262 g/mol. The minimum atomic E-state index is -1.10. The van der Waals surface area contributed by atoms with Gasteiger partial charge in [0.15, 0.2) is 5.69 Å². The molecule has 2 rings (SSSR count). The van der Waals surface area contributed by atoms with Gasteiger partial charge in [-0.2, -0.15) is 0 Å². The van der Waals surface area contributed by atoms with Gasteiger partial charge in [0.1, 0.15) is 6.54 Å². The molecular formula is C12H17N5O3. The summed E-state index contributed by atoms with van der Waals surface area (Å²) in [5.41, 5.74) is 0.0687. The molecule has 2 heterocycles. The van der Waals surface area contributed by atoms with Crippen LogP contribution < -0.4 is 0 Å². The summed E-state index contributed by atoms with van der Waals surface area (Å²) in [6.45, 7) is 7.83. The van der Waals surface area contributed by atoms with E-state index in [1.54, 1.807) is 0 Å². The Balaban J connectivity index is 2.39. The van der Waals surface area contributed by atoms with Crippen LogP contribution in [0.2, 0.25) is 0 Å². The van der Waals surface area contributed by atoms with Crippen molar-refractivity contribution < 1.29 is 14.3 Å². The van der Waals surface area contributed by atoms with Crippen LogP contribution >= 0.6 is 0 Å². The third kappa shape index (κ3) is 2.68. The van der Waals surface area contributed by atoms with E-state index in [0.29, 0.717) is 23.9 Å². The van der Waals surface area contributed by atoms with Crippen molar-refractivity contribution in [3.63, 3.8) is 0 Å². The summed E-state index contributed by atoms with van der Waals surface area (Å²) in [6, 6.07) is 0. The molecule has 0 bridgehead atoms. The standard InChI is InChI=1S/C12H17N5O3/c1-5-7-13-14-8(20-7)6-17-10(12(2,3)4)9(11(18)19)15-16-17/h5-6H2,1-4H3,(H,18,19). The van der Waals surface area contributed by atoms with Crippen molar-refractivity contribution in [3.05, 3.63) is 23.2 Å². The highest BCUT2D eigenvalue weighted by molar-refractivity contribution is 5.86. The van der Waals surface area contributed by atoms with E-state index in [2.05, 4.69) is 20.5 Å². The number of aromatic nitrogens is 5. The van der Waals surface area contributed by atoms with Crippen LogP contribution in [0, 0.1) is 0 Å². The van der Waals surface area contributed by atoms with Gasteiger partial charge < -0.3 is 9.52 Å². The largest absolute Gasteiger partial charge is 0.476 e. The van der Waals surface area contributed by atoms with Gasteiger partial charge in [0.25, 0.3) is 0 Å². The molecule has 2 aromatic heterocycles. The van der Waals surface area contributed by atoms with E-state index in [0.717, 1.165) is 0 Å². The zero-order chi connectivity index (χ0) is 14.9. The average molecular weight is 279 g/mol. The first-order valence-electron chi connectivity index (χ1n) is 6.31. The molecule has 0 aromatic carbocycles. The molecule has 0 saturated heterocycles. The Kier molecular flexibility index (Phi) is 3.56. The number of rotatable bonds is 4. The van der Waals surface area contributed by atoms with Crippen molar-refractivity contribution in [1.29, 1.82) is 0 Å². The molecule has 0 saturated carbocycles. The van der Waals surface area contributed by atoms with E-state index in [1.165, 1.54) is 4.68 Å². The van der Waals surface area contributed by atoms with E-state index < -0.39 is 11.4 Å². The van der Waals surface area contributed by atoms with Crippen LogP contribution in [0.15, 0.2) is 4.42 Å². The lowest BCUT2D eigenvalue weighted by Gasteiger charge is -2.19. The van der Waals surface area contributed by atoms with Crippen LogP contribution in [-0.4, -0.2) is 36.3 Å². The average Bonchev–Trinajstić information content (AvgIpc) is 2.95. The van der Waals surface area contributed by atoms with Gasteiger partial charge in [0.05, 0.1) is 5.69 Å². The molecule has 0 spiro atoms. The van der Waals surface area contributed by atoms with Crippen molar-refractivity contribution in [1.82, 2.24) is 25.2 Å². The minimum absolute atomic E-state index is 0.0484. The van der Waals surface area contributed by atoms with Crippen LogP contribution in [0.4, 0.5) is 0 Å². The van der Waals surface area contributed by atoms with E-state index >= 15 is 0 Å². The van der Waals surface area contributed by atoms with Crippen molar-refractivity contribution in [2.45, 2.75) is 46.1 Å². The fraction of sp³-hybridized carbons (Fsp3) is 0.583. The second kappa shape index (κ2) is 5.03. The molecule has 0 aliphatic rings. The summed E-state index contributed by atoms with van der Waals surface area (Å²) in [5.74, 6) is -0.175. The van der Waals surface area contributed by atoms with Gasteiger partial charge in [0.2, 0.25) is 11.8 Å². The lowest BCUT2D eigenvalue weighted by atomic mass is 9.90. The summed E-state index contributed by atoms with van der Waals surface area (Å²) < 4.78 is 6.91. The van der Waals surface area contributed by atoms with Crippen molar-refractivity contribution in [2.75, 3.05) is 0 Å². The smallest absolute Gasteiger partial charge is 0.358 e. The number of aromatic carboxylic acids is 1. The molecule has 0 radical (unpaired) electrons. The fourth-order valence-electron chi connectivity index (χ4n) is 1.93. The Morgan fingerprint density at radius 2 is 1.90 bits per heavy atom. The van der Waals surface area contributed by atoms with Crippen LogP contribution in [0.1, 0.15) is 55.7 Å². The molecule has 108 valence electrons. The van der Waals surface area contributed by atoms with Crippen LogP contribution in [-0.2, 0) is 18.4 Å². The van der Waals surface area contributed by atoms with Crippen LogP contribution in [0.5, 0.6) is 0 Å². The molecule has 8 nitrogen and oxygen atoms in total. The zero-order valence-corrected chi connectivity index (χ0v) is 11.9. The predicted molar refractivity (Wildman–Crippen MR) is 68.5 cm³/mol. The molecule has 20 heavy (non-hydrogen) atoms. The molecule has 0 amide bonds. The van der Waals surface area contributed by atoms with Crippen molar-refractivity contribution in [2.24, 2.45) is 0 Å². The summed E-state index contributed by atoms with van der Waals surface area (Å²) in [6.07, 6.45) is 0.650. The lowest BCUT2D eigenvalue weighted by Crippen LogP contribution is -2.22. The molecule has 0 atom stereocenters. The van der Waals surface area contributed by atoms with E-state index in [1.807, 2.05) is 27.7 Å². The fourth-order valence-corrected chi connectivity index (χ4v) is 1.93. The monoisotopic (exact) mass is 279 g/mol. The maximum atomic E-state index is 11.2. The maximum Gasteiger partial charge on any atom is 0.358 e. The quantitative estimate of drug-likeness (QED) is 0.897. The highest BCUT2D eigenvalue weighted by Gasteiger charge is 2.29. The van der Waals surface area contributed by atoms with E-state index in [4.69, 9.17) is 4.42 Å². The Morgan fingerprint density at radius 1 is 1.25 bits per heavy atom. The van der Waals surface area contributed by atoms with Crippen LogP contribution in [0.3, 0.4) is 0 Å². The second-order valence-corrected chi connectivity index (χ2v) is 5.44. The van der Waals surface area contributed by atoms with Gasteiger partial charge >= 0.3 is 5.97 Å². The number of aryl methyl sites for hydroxylation is 1. The Hall–Kier alpha value is -2.25. The third-order valence-corrected chi connectivity index (χ3v) is 2.74. The highest BCUT2D eigenvalue weighted by Crippen LogP contribution is 2.25. The lowest BCUT2D eigenvalue weighted by molar-refractivity contribution is 0.0687. The zero-order valence-electron chi connectivity index (χ0n) is 11.9. The Morgan fingerprint density at radius 3 is 2.40 bits per heavy atom. The number of nitrogens with zero attached hydrogens (tertiary/aromatic N) is 5. The van der Waals surface area contributed by atoms with E-state index in [9.17, 15) is 9.90 Å². The van der Waals surface area contributed by atoms with Crippen molar-refractivity contribution >= 4 is 5.97 Å². The van der Waals surface area contributed by atoms with Crippen LogP contribution in [0.25, 0.3) is 0 Å². The second-order valence-electron chi connectivity index (χ2n) is 5.44. The number of carbonyl (C=O) groups is 1. The Labute approximate surface area is 115 Å². The topological polar surface area (TPSA) is 107 Å². The summed E-state index contributed by atoms with van der Waals surface area (Å²) in [5, 5.41) is 24.6. The molecule has 0 unspecified atom stereocenters. The predicted octanol–water partition coefficient (Wildman–Crippen LogP) is 1.27. The number of carboxylic acids is 1. The molecule has 8 heteroatoms. The normalized spacial score (nSPS) is 11.8. The van der Waals surface area contributed by atoms with Gasteiger partial charge in [-0.05, 0) is 0 Å². The third-order valence-electron chi connectivity index (χ3n) is 2.74. The van der Waals surface area contributed by atoms with Gasteiger partial charge in [-0.3, -0.25) is 0 Å². The van der Waals surface area contributed by atoms with Gasteiger partial charge in [-0.25, -0.2) is 9.48 Å². The summed E-state index contributed by atoms with van der Waals surface area (Å²) in [7, 11) is 0. The van der Waals surface area contributed by atoms with Crippen molar-refractivity contribution in [3.8, 4) is 0 Å². The number of hydrogen-bond acceptors (Lipinski definition) is 6. The maximum absolute atomic E-state index is 11.2. The SMILES string of the molecule is CCc1nnc(Cn2nnc(C(=O)O)c2C(C)(C)C)o1. The number of carboxylic acid groups (broad SMARTS) is 1. The molecule has 0 aliphatic carbocycles. The van der Waals surface area contributed by atoms with Gasteiger partial charge in [-0.15, -0.1) is 15.3 Å². The minimum Gasteiger partial charge on any atom is -0.476 e. The summed E-state index contributed by atoms with van der Waals surface area (Å²) in [4.78, 5) is 11.2. The molecule has 2 aromatic rings. The van der Waals surface area contributed by atoms with Gasteiger partial charge in [0, 0.05) is 11.8 Å². The first-order valence-corrected chi connectivity index (χ1v) is 6.31. The first-order chi connectivity index (χ1) is 9.32. The van der Waals surface area contributed by atoms with E-state index in [-0.39, 0.29) is 12.2 Å². The summed E-state index contributed by atoms with van der Waals surface area (Å²) >= 11 is 0. The molecule has 0 aliphatic heterocycles. The number of hydrogen-bond donors (Lipinski definition) is 1. The first kappa shape index (κ1) is 14.2. The van der Waals surface area contributed by atoms with Gasteiger partial charge in [-0.1, -0.05) is 32.9 Å². The molecule has 1 N–H and O–H groups in total.